The molecule has 4 nitrogen and oxygen atoms in total. The van der Waals surface area contributed by atoms with E-state index in [1.807, 2.05) is 19.2 Å². The predicted molar refractivity (Wildman–Crippen MR) is 76.0 cm³/mol. The highest BCUT2D eigenvalue weighted by atomic mass is 16.1. The average molecular weight is 257 g/mol. The first-order valence-corrected chi connectivity index (χ1v) is 6.96. The largest absolute Gasteiger partial charge is 0.346 e. The molecule has 2 aromatic heterocycles. The van der Waals surface area contributed by atoms with Crippen molar-refractivity contribution in [2.75, 3.05) is 5.32 Å². The second kappa shape index (κ2) is 5.03. The van der Waals surface area contributed by atoms with Crippen LogP contribution in [0.25, 0.3) is 11.0 Å². The molecular weight excluding hydrogens is 238 g/mol. The van der Waals surface area contributed by atoms with Crippen LogP contribution >= 0.6 is 0 Å². The highest BCUT2D eigenvalue weighted by Crippen LogP contribution is 2.33. The topological polar surface area (TPSA) is 57.8 Å². The van der Waals surface area contributed by atoms with Crippen LogP contribution < -0.4 is 5.32 Å². The maximum absolute atomic E-state index is 11.9. The Hall–Kier alpha value is -1.84. The number of carbonyl (C=O) groups is 1. The van der Waals surface area contributed by atoms with Crippen LogP contribution in [0.5, 0.6) is 0 Å². The van der Waals surface area contributed by atoms with E-state index in [1.54, 1.807) is 6.20 Å². The number of nitrogens with one attached hydrogen (secondary N) is 2. The van der Waals surface area contributed by atoms with Crippen molar-refractivity contribution in [3.63, 3.8) is 0 Å². The summed E-state index contributed by atoms with van der Waals surface area (Å²) < 4.78 is 0. The fraction of sp³-hybridized carbons (Fsp3) is 0.467. The fourth-order valence-corrected chi connectivity index (χ4v) is 2.44. The van der Waals surface area contributed by atoms with Gasteiger partial charge in [0.05, 0.1) is 11.9 Å². The minimum absolute atomic E-state index is 0.0976. The lowest BCUT2D eigenvalue weighted by molar-refractivity contribution is -0.116. The molecule has 0 aliphatic heterocycles. The van der Waals surface area contributed by atoms with Crippen LogP contribution in [0.4, 0.5) is 5.69 Å². The number of amides is 1. The van der Waals surface area contributed by atoms with Crippen LogP contribution in [0.15, 0.2) is 18.5 Å². The molecule has 19 heavy (non-hydrogen) atoms. The van der Waals surface area contributed by atoms with E-state index in [-0.39, 0.29) is 5.91 Å². The normalized spacial score (nSPS) is 14.8. The molecule has 1 amide bonds. The maximum atomic E-state index is 11.9. The Morgan fingerprint density at radius 3 is 3.16 bits per heavy atom. The van der Waals surface area contributed by atoms with Gasteiger partial charge in [-0.2, -0.15) is 0 Å². The van der Waals surface area contributed by atoms with E-state index in [0.717, 1.165) is 34.6 Å². The van der Waals surface area contributed by atoms with Crippen molar-refractivity contribution in [3.05, 3.63) is 24.0 Å². The van der Waals surface area contributed by atoms with E-state index < -0.39 is 0 Å². The van der Waals surface area contributed by atoms with Gasteiger partial charge in [0.2, 0.25) is 5.91 Å². The SMILES string of the molecule is Cc1c(NC(=O)CCCC2CC2)cnc2[nH]ccc12. The van der Waals surface area contributed by atoms with E-state index in [2.05, 4.69) is 15.3 Å². The Morgan fingerprint density at radius 1 is 1.53 bits per heavy atom. The second-order valence-electron chi connectivity index (χ2n) is 5.42. The van der Waals surface area contributed by atoms with Crippen LogP contribution in [0, 0.1) is 12.8 Å². The molecule has 0 aromatic carbocycles. The van der Waals surface area contributed by atoms with Gasteiger partial charge >= 0.3 is 0 Å². The first-order valence-electron chi connectivity index (χ1n) is 6.96. The van der Waals surface area contributed by atoms with Crippen molar-refractivity contribution in [2.24, 2.45) is 5.92 Å². The molecule has 2 aromatic rings. The number of carbonyl (C=O) groups excluding carboxylic acids is 1. The van der Waals surface area contributed by atoms with Gasteiger partial charge in [-0.25, -0.2) is 4.98 Å². The maximum Gasteiger partial charge on any atom is 0.224 e. The molecule has 2 heterocycles. The summed E-state index contributed by atoms with van der Waals surface area (Å²) in [6.07, 6.45) is 9.11. The van der Waals surface area contributed by atoms with Gasteiger partial charge in [0.15, 0.2) is 0 Å². The Kier molecular flexibility index (Phi) is 3.23. The smallest absolute Gasteiger partial charge is 0.224 e. The number of H-pyrrole nitrogens is 1. The van der Waals surface area contributed by atoms with Crippen molar-refractivity contribution >= 4 is 22.6 Å². The molecule has 1 fully saturated rings. The van der Waals surface area contributed by atoms with Crippen molar-refractivity contribution in [1.82, 2.24) is 9.97 Å². The highest BCUT2D eigenvalue weighted by molar-refractivity contribution is 5.94. The molecule has 1 aliphatic carbocycles. The lowest BCUT2D eigenvalue weighted by Crippen LogP contribution is -2.12. The number of pyridine rings is 1. The molecule has 0 saturated heterocycles. The molecule has 0 unspecified atom stereocenters. The zero-order chi connectivity index (χ0) is 13.2. The molecule has 4 heteroatoms. The van der Waals surface area contributed by atoms with Crippen LogP contribution in [-0.2, 0) is 4.79 Å². The van der Waals surface area contributed by atoms with Crippen molar-refractivity contribution in [1.29, 1.82) is 0 Å². The van der Waals surface area contributed by atoms with Gasteiger partial charge in [-0.15, -0.1) is 0 Å². The van der Waals surface area contributed by atoms with Crippen LogP contribution in [0.1, 0.15) is 37.7 Å². The van der Waals surface area contributed by atoms with Crippen molar-refractivity contribution in [3.8, 4) is 0 Å². The number of fused-ring (bicyclic) bond motifs is 1. The number of hydrogen-bond donors (Lipinski definition) is 2. The lowest BCUT2D eigenvalue weighted by Gasteiger charge is -2.08. The third-order valence-corrected chi connectivity index (χ3v) is 3.84. The molecule has 0 spiro atoms. The van der Waals surface area contributed by atoms with E-state index in [1.165, 1.54) is 19.3 Å². The lowest BCUT2D eigenvalue weighted by atomic mass is 10.1. The van der Waals surface area contributed by atoms with Gasteiger partial charge in [-0.3, -0.25) is 4.79 Å². The Labute approximate surface area is 112 Å². The van der Waals surface area contributed by atoms with Gasteiger partial charge in [-0.1, -0.05) is 12.8 Å². The zero-order valence-corrected chi connectivity index (χ0v) is 11.2. The number of anilines is 1. The van der Waals surface area contributed by atoms with E-state index in [4.69, 9.17) is 0 Å². The van der Waals surface area contributed by atoms with Crippen molar-refractivity contribution in [2.45, 2.75) is 39.0 Å². The summed E-state index contributed by atoms with van der Waals surface area (Å²) in [5.41, 5.74) is 2.76. The summed E-state index contributed by atoms with van der Waals surface area (Å²) >= 11 is 0. The first-order chi connectivity index (χ1) is 9.24. The number of aromatic amines is 1. The number of aryl methyl sites for hydroxylation is 1. The van der Waals surface area contributed by atoms with Crippen LogP contribution in [0.2, 0.25) is 0 Å². The summed E-state index contributed by atoms with van der Waals surface area (Å²) in [6.45, 7) is 2.01. The molecule has 0 bridgehead atoms. The minimum atomic E-state index is 0.0976. The van der Waals surface area contributed by atoms with Gasteiger partial charge in [0.25, 0.3) is 0 Å². The quantitative estimate of drug-likeness (QED) is 0.862. The molecule has 0 radical (unpaired) electrons. The summed E-state index contributed by atoms with van der Waals surface area (Å²) in [6, 6.07) is 1.99. The molecule has 0 atom stereocenters. The Bertz CT molecular complexity index is 598. The number of hydrogen-bond acceptors (Lipinski definition) is 2. The summed E-state index contributed by atoms with van der Waals surface area (Å²) in [5, 5.41) is 4.04. The minimum Gasteiger partial charge on any atom is -0.346 e. The highest BCUT2D eigenvalue weighted by Gasteiger charge is 2.20. The standard InChI is InChI=1S/C15H19N3O/c1-10-12-7-8-16-15(12)17-9-13(10)18-14(19)4-2-3-11-5-6-11/h7-9,11H,2-6H2,1H3,(H,16,17)(H,18,19). The van der Waals surface area contributed by atoms with Crippen molar-refractivity contribution < 1.29 is 4.79 Å². The number of aromatic nitrogens is 2. The molecule has 100 valence electrons. The third-order valence-electron chi connectivity index (χ3n) is 3.84. The summed E-state index contributed by atoms with van der Waals surface area (Å²) in [5.74, 6) is 0.993. The van der Waals surface area contributed by atoms with Gasteiger partial charge in [0.1, 0.15) is 5.65 Å². The Morgan fingerprint density at radius 2 is 2.37 bits per heavy atom. The second-order valence-corrected chi connectivity index (χ2v) is 5.42. The van der Waals surface area contributed by atoms with E-state index >= 15 is 0 Å². The van der Waals surface area contributed by atoms with Crippen LogP contribution in [0.3, 0.4) is 0 Å². The van der Waals surface area contributed by atoms with Gasteiger partial charge in [0, 0.05) is 18.0 Å². The first kappa shape index (κ1) is 12.2. The molecule has 1 saturated carbocycles. The van der Waals surface area contributed by atoms with E-state index in [9.17, 15) is 4.79 Å². The van der Waals surface area contributed by atoms with E-state index in [0.29, 0.717) is 6.42 Å². The number of nitrogens with zero attached hydrogens (tertiary/aromatic N) is 1. The molecule has 3 rings (SSSR count). The zero-order valence-electron chi connectivity index (χ0n) is 11.2. The average Bonchev–Trinajstić information content (AvgIpc) is 3.08. The van der Waals surface area contributed by atoms with Gasteiger partial charge < -0.3 is 10.3 Å². The predicted octanol–water partition coefficient (Wildman–Crippen LogP) is 3.39. The summed E-state index contributed by atoms with van der Waals surface area (Å²) in [7, 11) is 0. The fourth-order valence-electron chi connectivity index (χ4n) is 2.44. The van der Waals surface area contributed by atoms with Gasteiger partial charge in [-0.05, 0) is 37.3 Å². The molecular formula is C15H19N3O. The molecule has 2 N–H and O–H groups in total. The Balaban J connectivity index is 1.62. The summed E-state index contributed by atoms with van der Waals surface area (Å²) in [4.78, 5) is 19.3. The van der Waals surface area contributed by atoms with Crippen LogP contribution in [-0.4, -0.2) is 15.9 Å². The number of rotatable bonds is 5. The third kappa shape index (κ3) is 2.78. The molecule has 1 aliphatic rings. The monoisotopic (exact) mass is 257 g/mol.